The Bertz CT molecular complexity index is 378. The molecule has 0 saturated carbocycles. The third-order valence-electron chi connectivity index (χ3n) is 6.61. The second-order valence-electron chi connectivity index (χ2n) is 9.59. The van der Waals surface area contributed by atoms with Gasteiger partial charge < -0.3 is 18.2 Å². The molecule has 5 heteroatoms. The Morgan fingerprint density at radius 3 is 1.44 bits per heavy atom. The molecule has 0 bridgehead atoms. The van der Waals surface area contributed by atoms with Crippen molar-refractivity contribution < 1.29 is 13.3 Å². The van der Waals surface area contributed by atoms with E-state index in [0.29, 0.717) is 31.3 Å². The second kappa shape index (κ2) is 21.6. The van der Waals surface area contributed by atoms with E-state index in [2.05, 4.69) is 53.6 Å². The Labute approximate surface area is 203 Å². The van der Waals surface area contributed by atoms with Gasteiger partial charge in [-0.2, -0.15) is 0 Å². The minimum Gasteiger partial charge on any atom is -0.374 e. The highest BCUT2D eigenvalue weighted by molar-refractivity contribution is 6.62. The van der Waals surface area contributed by atoms with Crippen LogP contribution in [0.1, 0.15) is 125 Å². The van der Waals surface area contributed by atoms with E-state index in [1.54, 1.807) is 0 Å². The molecule has 4 nitrogen and oxygen atoms in total. The zero-order chi connectivity index (χ0) is 24.1. The van der Waals surface area contributed by atoms with Gasteiger partial charge in [0.15, 0.2) is 0 Å². The lowest BCUT2D eigenvalue weighted by molar-refractivity contribution is 0.0507. The highest BCUT2D eigenvalue weighted by Gasteiger charge is 2.51. The molecule has 0 aliphatic rings. The molecule has 0 heterocycles. The summed E-state index contributed by atoms with van der Waals surface area (Å²) in [4.78, 5) is 2.30. The first-order chi connectivity index (χ1) is 15.5. The van der Waals surface area contributed by atoms with Gasteiger partial charge in [-0.15, -0.1) is 0 Å². The Morgan fingerprint density at radius 1 is 0.594 bits per heavy atom. The molecule has 0 aromatic carbocycles. The third kappa shape index (κ3) is 14.3. The number of rotatable bonds is 24. The highest BCUT2D eigenvalue weighted by atomic mass is 28.4. The fourth-order valence-corrected chi connectivity index (χ4v) is 8.54. The van der Waals surface area contributed by atoms with Crippen molar-refractivity contribution in [3.05, 3.63) is 0 Å². The summed E-state index contributed by atoms with van der Waals surface area (Å²) >= 11 is 0. The number of nitrogens with zero attached hydrogens (tertiary/aromatic N) is 1. The first kappa shape index (κ1) is 32.1. The Balaban J connectivity index is 4.85. The van der Waals surface area contributed by atoms with Crippen LogP contribution < -0.4 is 0 Å². The molecule has 2 atom stereocenters. The minimum absolute atomic E-state index is 0.406. The molecule has 0 fully saturated rings. The largest absolute Gasteiger partial charge is 0.504 e. The van der Waals surface area contributed by atoms with Gasteiger partial charge in [-0.05, 0) is 66.6 Å². The van der Waals surface area contributed by atoms with E-state index in [-0.39, 0.29) is 0 Å². The fraction of sp³-hybridized carbons (Fsp3) is 1.00. The van der Waals surface area contributed by atoms with Crippen molar-refractivity contribution in [1.29, 1.82) is 0 Å². The van der Waals surface area contributed by atoms with E-state index < -0.39 is 8.80 Å². The molecule has 32 heavy (non-hydrogen) atoms. The van der Waals surface area contributed by atoms with Crippen molar-refractivity contribution in [3.8, 4) is 0 Å². The molecule has 0 aliphatic heterocycles. The second-order valence-corrected chi connectivity index (χ2v) is 12.4. The van der Waals surface area contributed by atoms with Gasteiger partial charge in [0.1, 0.15) is 0 Å². The van der Waals surface area contributed by atoms with Crippen LogP contribution in [0.2, 0.25) is 5.54 Å². The number of hydrogen-bond acceptors (Lipinski definition) is 4. The van der Waals surface area contributed by atoms with Crippen LogP contribution in [0.5, 0.6) is 0 Å². The molecular formula is C27H59NO3Si. The molecule has 0 radical (unpaired) electrons. The predicted molar refractivity (Wildman–Crippen MR) is 142 cm³/mol. The first-order valence-electron chi connectivity index (χ1n) is 14.1. The lowest BCUT2D eigenvalue weighted by Crippen LogP contribution is -2.52. The predicted octanol–water partition coefficient (Wildman–Crippen LogP) is 8.08. The van der Waals surface area contributed by atoms with E-state index in [1.165, 1.54) is 83.5 Å². The summed E-state index contributed by atoms with van der Waals surface area (Å²) in [5.74, 6) is 0.630. The van der Waals surface area contributed by atoms with Gasteiger partial charge in [0.2, 0.25) is 0 Å². The SMILES string of the molecule is CCCCCCCCCCCCC(CCCN(C)C)C(CC)[Si](OCC)(OCC)OCC. The van der Waals surface area contributed by atoms with Gasteiger partial charge in [-0.1, -0.05) is 84.5 Å². The van der Waals surface area contributed by atoms with Crippen LogP contribution in [0.15, 0.2) is 0 Å². The Kier molecular flexibility index (Phi) is 21.6. The minimum atomic E-state index is -2.68. The average molecular weight is 474 g/mol. The van der Waals surface area contributed by atoms with Crippen LogP contribution >= 0.6 is 0 Å². The van der Waals surface area contributed by atoms with Crippen molar-refractivity contribution in [3.63, 3.8) is 0 Å². The first-order valence-corrected chi connectivity index (χ1v) is 15.9. The van der Waals surface area contributed by atoms with Gasteiger partial charge in [0.25, 0.3) is 0 Å². The van der Waals surface area contributed by atoms with Crippen LogP contribution in [-0.4, -0.2) is 54.2 Å². The van der Waals surface area contributed by atoms with Crippen molar-refractivity contribution in [2.45, 2.75) is 130 Å². The average Bonchev–Trinajstić information content (AvgIpc) is 2.75. The van der Waals surface area contributed by atoms with Crippen molar-refractivity contribution >= 4 is 8.80 Å². The van der Waals surface area contributed by atoms with Gasteiger partial charge in [0.05, 0.1) is 0 Å². The lowest BCUT2D eigenvalue weighted by Gasteiger charge is -2.39. The summed E-state index contributed by atoms with van der Waals surface area (Å²) < 4.78 is 19.1. The maximum absolute atomic E-state index is 6.36. The van der Waals surface area contributed by atoms with Gasteiger partial charge in [0, 0.05) is 25.4 Å². The van der Waals surface area contributed by atoms with E-state index >= 15 is 0 Å². The van der Waals surface area contributed by atoms with E-state index in [4.69, 9.17) is 13.3 Å². The van der Waals surface area contributed by atoms with Crippen molar-refractivity contribution in [1.82, 2.24) is 4.90 Å². The van der Waals surface area contributed by atoms with Crippen LogP contribution in [0.4, 0.5) is 0 Å². The molecule has 0 amide bonds. The molecule has 2 unspecified atom stereocenters. The third-order valence-corrected chi connectivity index (χ3v) is 10.5. The van der Waals surface area contributed by atoms with E-state index in [0.717, 1.165) is 13.0 Å². The van der Waals surface area contributed by atoms with Crippen LogP contribution in [-0.2, 0) is 13.3 Å². The quantitative estimate of drug-likeness (QED) is 0.105. The monoisotopic (exact) mass is 473 g/mol. The van der Waals surface area contributed by atoms with Crippen molar-refractivity contribution in [2.75, 3.05) is 40.5 Å². The van der Waals surface area contributed by atoms with Crippen LogP contribution in [0.25, 0.3) is 0 Å². The molecule has 0 aromatic heterocycles. The van der Waals surface area contributed by atoms with Gasteiger partial charge in [-0.3, -0.25) is 0 Å². The smallest absolute Gasteiger partial charge is 0.374 e. The molecular weight excluding hydrogens is 414 g/mol. The number of hydrogen-bond donors (Lipinski definition) is 0. The topological polar surface area (TPSA) is 30.9 Å². The maximum atomic E-state index is 6.36. The summed E-state index contributed by atoms with van der Waals surface area (Å²) in [6.07, 6.45) is 18.8. The highest BCUT2D eigenvalue weighted by Crippen LogP contribution is 2.41. The molecule has 0 spiro atoms. The molecule has 194 valence electrons. The lowest BCUT2D eigenvalue weighted by atomic mass is 9.91. The summed E-state index contributed by atoms with van der Waals surface area (Å²) in [6, 6.07) is 0. The summed E-state index contributed by atoms with van der Waals surface area (Å²) in [5, 5.41) is 0. The molecule has 0 rings (SSSR count). The summed E-state index contributed by atoms with van der Waals surface area (Å²) in [5.41, 5.74) is 0.406. The van der Waals surface area contributed by atoms with E-state index in [1.807, 2.05) is 0 Å². The van der Waals surface area contributed by atoms with Crippen LogP contribution in [0, 0.1) is 5.92 Å². The van der Waals surface area contributed by atoms with E-state index in [9.17, 15) is 0 Å². The summed E-state index contributed by atoms with van der Waals surface area (Å²) in [6.45, 7) is 14.0. The Morgan fingerprint density at radius 2 is 1.03 bits per heavy atom. The standard InChI is InChI=1S/C27H59NO3Si/c1-8-13-14-15-16-17-18-19-20-21-23-26(24-22-25-28(6)7)27(9-2)32(29-10-3,30-11-4)31-12-5/h26-27H,8-25H2,1-7H3. The zero-order valence-electron chi connectivity index (χ0n) is 23.1. The fourth-order valence-electron chi connectivity index (χ4n) is 5.03. The molecule has 0 aliphatic carbocycles. The van der Waals surface area contributed by atoms with Crippen molar-refractivity contribution in [2.24, 2.45) is 5.92 Å². The number of unbranched alkanes of at least 4 members (excludes halogenated alkanes) is 9. The molecule has 0 aromatic rings. The van der Waals surface area contributed by atoms with Crippen LogP contribution in [0.3, 0.4) is 0 Å². The normalized spacial score (nSPS) is 14.2. The zero-order valence-corrected chi connectivity index (χ0v) is 24.1. The Hall–Kier alpha value is 0.0569. The van der Waals surface area contributed by atoms with Gasteiger partial charge >= 0.3 is 8.80 Å². The maximum Gasteiger partial charge on any atom is 0.504 e. The molecule has 0 saturated heterocycles. The summed E-state index contributed by atoms with van der Waals surface area (Å²) in [7, 11) is 1.67. The molecule has 0 N–H and O–H groups in total. The van der Waals surface area contributed by atoms with Gasteiger partial charge in [-0.25, -0.2) is 0 Å².